The van der Waals surface area contributed by atoms with Gasteiger partial charge >= 0.3 is 0 Å². The summed E-state index contributed by atoms with van der Waals surface area (Å²) in [4.78, 5) is 3.62. The standard InChI is InChI=1S/C3H3ClN2O/c4-1-3-5-2-6-7-3/h2H,1H2. The van der Waals surface area contributed by atoms with Crippen LogP contribution in [0.1, 0.15) is 5.89 Å². The molecule has 1 aromatic heterocycles. The predicted molar refractivity (Wildman–Crippen MR) is 23.9 cm³/mol. The lowest BCUT2D eigenvalue weighted by Gasteiger charge is -1.72. The number of halogens is 1. The highest BCUT2D eigenvalue weighted by molar-refractivity contribution is 6.16. The highest BCUT2D eigenvalue weighted by Gasteiger charge is 1.90. The van der Waals surface area contributed by atoms with Gasteiger partial charge in [0.15, 0.2) is 6.33 Å². The number of aromatic nitrogens is 2. The molecule has 0 aliphatic carbocycles. The maximum absolute atomic E-state index is 5.27. The molecule has 0 aliphatic heterocycles. The zero-order valence-corrected chi connectivity index (χ0v) is 4.22. The van der Waals surface area contributed by atoms with E-state index < -0.39 is 0 Å². The molecule has 1 rings (SSSR count). The van der Waals surface area contributed by atoms with E-state index in [1.54, 1.807) is 0 Å². The van der Waals surface area contributed by atoms with Crippen LogP contribution in [-0.4, -0.2) is 10.1 Å². The van der Waals surface area contributed by atoms with E-state index >= 15 is 0 Å². The number of hydrogen-bond acceptors (Lipinski definition) is 3. The molecule has 1 heterocycles. The highest BCUT2D eigenvalue weighted by atomic mass is 35.5. The topological polar surface area (TPSA) is 38.9 Å². The largest absolute Gasteiger partial charge is 0.338 e. The molecule has 0 N–H and O–H groups in total. The summed E-state index contributed by atoms with van der Waals surface area (Å²) in [6.07, 6.45) is 1.32. The van der Waals surface area contributed by atoms with Gasteiger partial charge in [0.2, 0.25) is 5.89 Å². The number of alkyl halides is 1. The van der Waals surface area contributed by atoms with Crippen LogP contribution in [0, 0.1) is 0 Å². The fourth-order valence-electron chi connectivity index (χ4n) is 0.255. The fraction of sp³-hybridized carbons (Fsp3) is 0.333. The first-order chi connectivity index (χ1) is 3.43. The maximum atomic E-state index is 5.27. The Kier molecular flexibility index (Phi) is 1.26. The van der Waals surface area contributed by atoms with Gasteiger partial charge in [-0.05, 0) is 0 Å². The van der Waals surface area contributed by atoms with E-state index in [0.717, 1.165) is 0 Å². The Balaban J connectivity index is 2.76. The molecule has 1 aromatic rings. The van der Waals surface area contributed by atoms with Gasteiger partial charge in [0.1, 0.15) is 5.88 Å². The Morgan fingerprint density at radius 1 is 1.86 bits per heavy atom. The lowest BCUT2D eigenvalue weighted by atomic mass is 10.8. The third-order valence-corrected chi connectivity index (χ3v) is 0.750. The molecular weight excluding hydrogens is 115 g/mol. The van der Waals surface area contributed by atoms with Crippen LogP contribution in [-0.2, 0) is 5.88 Å². The lowest BCUT2D eigenvalue weighted by molar-refractivity contribution is 0.389. The summed E-state index contributed by atoms with van der Waals surface area (Å²) in [5, 5.41) is 3.32. The van der Waals surface area contributed by atoms with E-state index in [0.29, 0.717) is 11.8 Å². The van der Waals surface area contributed by atoms with Gasteiger partial charge in [-0.3, -0.25) is 0 Å². The average molecular weight is 119 g/mol. The monoisotopic (exact) mass is 118 g/mol. The van der Waals surface area contributed by atoms with E-state index in [1.807, 2.05) is 0 Å². The van der Waals surface area contributed by atoms with E-state index in [9.17, 15) is 0 Å². The molecule has 0 saturated carbocycles. The van der Waals surface area contributed by atoms with Crippen molar-refractivity contribution >= 4 is 11.6 Å². The minimum Gasteiger partial charge on any atom is -0.338 e. The van der Waals surface area contributed by atoms with Gasteiger partial charge in [0, 0.05) is 0 Å². The average Bonchev–Trinajstić information content (AvgIpc) is 2.14. The molecule has 0 unspecified atom stereocenters. The SMILES string of the molecule is ClCc1ncno1. The minimum absolute atomic E-state index is 0.292. The van der Waals surface area contributed by atoms with E-state index in [2.05, 4.69) is 14.7 Å². The lowest BCUT2D eigenvalue weighted by Crippen LogP contribution is -1.70. The van der Waals surface area contributed by atoms with Crippen molar-refractivity contribution in [1.29, 1.82) is 0 Å². The van der Waals surface area contributed by atoms with E-state index in [4.69, 9.17) is 11.6 Å². The first-order valence-electron chi connectivity index (χ1n) is 1.75. The Morgan fingerprint density at radius 3 is 3.00 bits per heavy atom. The first kappa shape index (κ1) is 4.59. The quantitative estimate of drug-likeness (QED) is 0.512. The normalized spacial score (nSPS) is 9.29. The van der Waals surface area contributed by atoms with Crippen molar-refractivity contribution in [3.8, 4) is 0 Å². The number of rotatable bonds is 1. The van der Waals surface area contributed by atoms with Crippen LogP contribution in [0.3, 0.4) is 0 Å². The van der Waals surface area contributed by atoms with Crippen LogP contribution in [0.5, 0.6) is 0 Å². The number of hydrogen-bond donors (Lipinski definition) is 0. The molecule has 0 bridgehead atoms. The molecule has 3 nitrogen and oxygen atoms in total. The minimum atomic E-state index is 0.292. The summed E-state index contributed by atoms with van der Waals surface area (Å²) in [6.45, 7) is 0. The van der Waals surface area contributed by atoms with E-state index in [-0.39, 0.29) is 0 Å². The second-order valence-corrected chi connectivity index (χ2v) is 1.24. The summed E-state index contributed by atoms with van der Waals surface area (Å²) >= 11 is 5.27. The molecule has 7 heavy (non-hydrogen) atoms. The van der Waals surface area contributed by atoms with Gasteiger partial charge in [0.25, 0.3) is 0 Å². The summed E-state index contributed by atoms with van der Waals surface area (Å²) in [5.41, 5.74) is 0. The zero-order chi connectivity index (χ0) is 5.11. The van der Waals surface area contributed by atoms with Gasteiger partial charge in [-0.15, -0.1) is 11.6 Å². The molecule has 0 aliphatic rings. The first-order valence-corrected chi connectivity index (χ1v) is 2.28. The second kappa shape index (κ2) is 1.93. The van der Waals surface area contributed by atoms with Gasteiger partial charge in [-0.25, -0.2) is 0 Å². The van der Waals surface area contributed by atoms with Crippen molar-refractivity contribution in [3.05, 3.63) is 12.2 Å². The van der Waals surface area contributed by atoms with Crippen molar-refractivity contribution in [2.45, 2.75) is 5.88 Å². The summed E-state index contributed by atoms with van der Waals surface area (Å²) in [7, 11) is 0. The fourth-order valence-corrected chi connectivity index (χ4v) is 0.373. The predicted octanol–water partition coefficient (Wildman–Crippen LogP) is 0.808. The van der Waals surface area contributed by atoms with Crippen LogP contribution in [0.15, 0.2) is 10.9 Å². The van der Waals surface area contributed by atoms with Crippen molar-refractivity contribution in [3.63, 3.8) is 0 Å². The molecule has 0 spiro atoms. The van der Waals surface area contributed by atoms with Crippen molar-refractivity contribution in [1.82, 2.24) is 10.1 Å². The van der Waals surface area contributed by atoms with Crippen molar-refractivity contribution in [2.24, 2.45) is 0 Å². The molecular formula is C3H3ClN2O. The Hall–Kier alpha value is -0.570. The van der Waals surface area contributed by atoms with Crippen molar-refractivity contribution < 1.29 is 4.52 Å². The van der Waals surface area contributed by atoms with E-state index in [1.165, 1.54) is 6.33 Å². The summed E-state index contributed by atoms with van der Waals surface area (Å²) in [6, 6.07) is 0. The molecule has 4 heteroatoms. The Bertz CT molecular complexity index is 127. The van der Waals surface area contributed by atoms with Gasteiger partial charge in [0.05, 0.1) is 0 Å². The van der Waals surface area contributed by atoms with Gasteiger partial charge in [-0.2, -0.15) is 4.98 Å². The molecule has 0 radical (unpaired) electrons. The molecule has 0 saturated heterocycles. The van der Waals surface area contributed by atoms with Crippen LogP contribution >= 0.6 is 11.6 Å². The summed E-state index contributed by atoms with van der Waals surface area (Å²) in [5.74, 6) is 0.752. The van der Waals surface area contributed by atoms with Crippen LogP contribution < -0.4 is 0 Å². The van der Waals surface area contributed by atoms with Crippen LogP contribution in [0.25, 0.3) is 0 Å². The zero-order valence-electron chi connectivity index (χ0n) is 3.47. The third kappa shape index (κ3) is 0.899. The van der Waals surface area contributed by atoms with Gasteiger partial charge in [-0.1, -0.05) is 5.16 Å². The van der Waals surface area contributed by atoms with Crippen LogP contribution in [0.4, 0.5) is 0 Å². The number of nitrogens with zero attached hydrogens (tertiary/aromatic N) is 2. The Morgan fingerprint density at radius 2 is 2.71 bits per heavy atom. The molecule has 0 aromatic carbocycles. The highest BCUT2D eigenvalue weighted by Crippen LogP contribution is 1.93. The Labute approximate surface area is 45.3 Å². The maximum Gasteiger partial charge on any atom is 0.241 e. The molecule has 38 valence electrons. The molecule has 0 fully saturated rings. The smallest absolute Gasteiger partial charge is 0.241 e. The molecule has 0 atom stereocenters. The second-order valence-electron chi connectivity index (χ2n) is 0.969. The summed E-state index contributed by atoms with van der Waals surface area (Å²) < 4.78 is 4.49. The van der Waals surface area contributed by atoms with Crippen molar-refractivity contribution in [2.75, 3.05) is 0 Å². The van der Waals surface area contributed by atoms with Crippen LogP contribution in [0.2, 0.25) is 0 Å². The molecule has 0 amide bonds. The third-order valence-electron chi connectivity index (χ3n) is 0.521. The van der Waals surface area contributed by atoms with Gasteiger partial charge < -0.3 is 4.52 Å².